The highest BCUT2D eigenvalue weighted by Crippen LogP contribution is 2.33. The summed E-state index contributed by atoms with van der Waals surface area (Å²) >= 11 is 0. The second kappa shape index (κ2) is 9.02. The molecule has 0 unspecified atom stereocenters. The highest BCUT2D eigenvalue weighted by Gasteiger charge is 2.20. The molecule has 29 heavy (non-hydrogen) atoms. The summed E-state index contributed by atoms with van der Waals surface area (Å²) < 4.78 is 6.31. The number of fused-ring (bicyclic) bond motifs is 1. The fourth-order valence-electron chi connectivity index (χ4n) is 3.83. The van der Waals surface area contributed by atoms with Gasteiger partial charge in [-0.15, -0.1) is 0 Å². The quantitative estimate of drug-likeness (QED) is 0.644. The van der Waals surface area contributed by atoms with Crippen molar-refractivity contribution in [3.05, 3.63) is 65.4 Å². The van der Waals surface area contributed by atoms with Gasteiger partial charge in [-0.25, -0.2) is 0 Å². The van der Waals surface area contributed by atoms with Crippen molar-refractivity contribution in [2.45, 2.75) is 52.2 Å². The van der Waals surface area contributed by atoms with Crippen LogP contribution in [-0.2, 0) is 5.60 Å². The number of H-pyrrole nitrogens is 1. The number of hydrogen-bond donors (Lipinski definition) is 2. The van der Waals surface area contributed by atoms with Gasteiger partial charge in [-0.05, 0) is 70.3 Å². The van der Waals surface area contributed by atoms with Crippen molar-refractivity contribution in [3.8, 4) is 5.75 Å². The van der Waals surface area contributed by atoms with Crippen LogP contribution in [0.5, 0.6) is 5.75 Å². The minimum atomic E-state index is -0.707. The largest absolute Gasteiger partial charge is 0.489 e. The van der Waals surface area contributed by atoms with Crippen LogP contribution >= 0.6 is 0 Å². The molecule has 1 aliphatic heterocycles. The number of piperidine rings is 1. The zero-order chi connectivity index (χ0) is 21.0. The van der Waals surface area contributed by atoms with E-state index in [9.17, 15) is 5.11 Å². The van der Waals surface area contributed by atoms with Crippen LogP contribution in [0.4, 0.5) is 0 Å². The number of aromatic nitrogens is 1. The Morgan fingerprint density at radius 3 is 2.28 bits per heavy atom. The average molecular weight is 395 g/mol. The molecule has 2 heterocycles. The summed E-state index contributed by atoms with van der Waals surface area (Å²) in [5.41, 5.74) is 3.97. The van der Waals surface area contributed by atoms with Crippen LogP contribution in [0.25, 0.3) is 10.9 Å². The zero-order valence-corrected chi connectivity index (χ0v) is 18.3. The average Bonchev–Trinajstić information content (AvgIpc) is 3.18. The van der Waals surface area contributed by atoms with Crippen molar-refractivity contribution in [3.63, 3.8) is 0 Å². The maximum Gasteiger partial charge on any atom is 0.132 e. The maximum atomic E-state index is 9.49. The molecule has 1 saturated heterocycles. The summed E-state index contributed by atoms with van der Waals surface area (Å²) in [5, 5.41) is 10.7. The Morgan fingerprint density at radius 2 is 1.69 bits per heavy atom. The number of hydrogen-bond acceptors (Lipinski definition) is 3. The second-order valence-corrected chi connectivity index (χ2v) is 8.65. The van der Waals surface area contributed by atoms with Crippen LogP contribution in [0.1, 0.15) is 43.4 Å². The third-order valence-electron chi connectivity index (χ3n) is 5.61. The molecule has 0 saturated carbocycles. The molecule has 0 bridgehead atoms. The van der Waals surface area contributed by atoms with Gasteiger partial charge in [-0.3, -0.25) is 0 Å². The Kier molecular flexibility index (Phi) is 6.66. The van der Waals surface area contributed by atoms with Crippen molar-refractivity contribution in [2.75, 3.05) is 20.1 Å². The lowest BCUT2D eigenvalue weighted by Gasteiger charge is -2.30. The second-order valence-electron chi connectivity index (χ2n) is 8.65. The maximum absolute atomic E-state index is 9.49. The first-order valence-electron chi connectivity index (χ1n) is 10.5. The number of nitrogens with one attached hydrogen (secondary N) is 1. The molecular weight excluding hydrogens is 360 g/mol. The van der Waals surface area contributed by atoms with E-state index < -0.39 is 5.60 Å². The Balaban J connectivity index is 0.000000204. The molecule has 2 aromatic carbocycles. The number of rotatable bonds is 3. The fraction of sp³-hybridized carbons (Fsp3) is 0.440. The van der Waals surface area contributed by atoms with Gasteiger partial charge >= 0.3 is 0 Å². The summed E-state index contributed by atoms with van der Waals surface area (Å²) in [4.78, 5) is 5.68. The van der Waals surface area contributed by atoms with Gasteiger partial charge in [0.25, 0.3) is 0 Å². The minimum absolute atomic E-state index is 0.357. The first kappa shape index (κ1) is 21.4. The number of likely N-dealkylation sites (tertiary alicyclic amines) is 1. The first-order chi connectivity index (χ1) is 13.8. The van der Waals surface area contributed by atoms with E-state index in [0.29, 0.717) is 6.10 Å². The van der Waals surface area contributed by atoms with E-state index in [1.165, 1.54) is 22.0 Å². The molecule has 0 atom stereocenters. The van der Waals surface area contributed by atoms with Crippen LogP contribution in [0.15, 0.2) is 48.7 Å². The molecule has 1 aliphatic rings. The SMILES string of the molecule is CC(C)(O)c1ccccc1.Cc1cc(C)c2[nH]ccc2c1OC1CCN(C)CC1. The molecule has 0 spiro atoms. The van der Waals surface area contributed by atoms with Gasteiger partial charge in [0.15, 0.2) is 0 Å². The molecule has 4 heteroatoms. The topological polar surface area (TPSA) is 48.5 Å². The molecule has 0 aliphatic carbocycles. The number of aryl methyl sites for hydroxylation is 2. The van der Waals surface area contributed by atoms with E-state index in [4.69, 9.17) is 4.74 Å². The van der Waals surface area contributed by atoms with Crippen molar-refractivity contribution in [2.24, 2.45) is 0 Å². The molecular formula is C25H34N2O2. The van der Waals surface area contributed by atoms with Crippen LogP contribution in [-0.4, -0.2) is 41.2 Å². The standard InChI is InChI=1S/C16H22N2O.C9H12O/c1-11-10-12(2)16(14-4-7-17-15(11)14)19-13-5-8-18(3)9-6-13;1-9(2,10)8-6-4-3-5-7-8/h4,7,10,13,17H,5-6,8-9H2,1-3H3;3-7,10H,1-2H3. The smallest absolute Gasteiger partial charge is 0.132 e. The third kappa shape index (κ3) is 5.40. The Hall–Kier alpha value is -2.30. The van der Waals surface area contributed by atoms with E-state index in [1.54, 1.807) is 13.8 Å². The monoisotopic (exact) mass is 394 g/mol. The van der Waals surface area contributed by atoms with Crippen LogP contribution < -0.4 is 4.74 Å². The van der Waals surface area contributed by atoms with E-state index in [-0.39, 0.29) is 0 Å². The lowest BCUT2D eigenvalue weighted by atomic mass is 9.99. The number of ether oxygens (including phenoxy) is 1. The predicted octanol–water partition coefficient (Wildman–Crippen LogP) is 5.17. The van der Waals surface area contributed by atoms with E-state index in [0.717, 1.165) is 37.2 Å². The lowest BCUT2D eigenvalue weighted by molar-refractivity contribution is 0.0786. The van der Waals surface area contributed by atoms with Gasteiger partial charge < -0.3 is 19.7 Å². The molecule has 4 rings (SSSR count). The highest BCUT2D eigenvalue weighted by molar-refractivity contribution is 5.89. The molecule has 1 fully saturated rings. The molecule has 156 valence electrons. The Labute approximate surface area is 174 Å². The molecule has 3 aromatic rings. The fourth-order valence-corrected chi connectivity index (χ4v) is 3.83. The minimum Gasteiger partial charge on any atom is -0.489 e. The van der Waals surface area contributed by atoms with Gasteiger partial charge in [-0.1, -0.05) is 36.4 Å². The molecule has 0 amide bonds. The zero-order valence-electron chi connectivity index (χ0n) is 18.3. The summed E-state index contributed by atoms with van der Waals surface area (Å²) in [7, 11) is 2.18. The number of aromatic amines is 1. The van der Waals surface area contributed by atoms with Crippen molar-refractivity contribution >= 4 is 10.9 Å². The first-order valence-corrected chi connectivity index (χ1v) is 10.5. The van der Waals surface area contributed by atoms with Gasteiger partial charge in [0, 0.05) is 24.7 Å². The summed E-state index contributed by atoms with van der Waals surface area (Å²) in [6.07, 6.45) is 4.60. The summed E-state index contributed by atoms with van der Waals surface area (Å²) in [6.45, 7) is 10.1. The Morgan fingerprint density at radius 1 is 1.03 bits per heavy atom. The van der Waals surface area contributed by atoms with Gasteiger partial charge in [0.2, 0.25) is 0 Å². The highest BCUT2D eigenvalue weighted by atomic mass is 16.5. The van der Waals surface area contributed by atoms with E-state index in [1.807, 2.05) is 36.5 Å². The normalized spacial score (nSPS) is 15.8. The predicted molar refractivity (Wildman–Crippen MR) is 121 cm³/mol. The number of nitrogens with zero attached hydrogens (tertiary/aromatic N) is 1. The van der Waals surface area contributed by atoms with Crippen LogP contribution in [0, 0.1) is 13.8 Å². The number of benzene rings is 2. The summed E-state index contributed by atoms with van der Waals surface area (Å²) in [6, 6.07) is 14.0. The lowest BCUT2D eigenvalue weighted by Crippen LogP contribution is -2.35. The van der Waals surface area contributed by atoms with Crippen molar-refractivity contribution in [1.29, 1.82) is 0 Å². The number of aliphatic hydroxyl groups is 1. The molecule has 4 nitrogen and oxygen atoms in total. The molecule has 1 aromatic heterocycles. The molecule has 0 radical (unpaired) electrons. The Bertz CT molecular complexity index is 917. The third-order valence-corrected chi connectivity index (χ3v) is 5.61. The van der Waals surface area contributed by atoms with Crippen molar-refractivity contribution in [1.82, 2.24) is 9.88 Å². The molecule has 2 N–H and O–H groups in total. The van der Waals surface area contributed by atoms with E-state index >= 15 is 0 Å². The van der Waals surface area contributed by atoms with Gasteiger partial charge in [0.1, 0.15) is 11.9 Å². The van der Waals surface area contributed by atoms with Crippen molar-refractivity contribution < 1.29 is 9.84 Å². The van der Waals surface area contributed by atoms with Crippen LogP contribution in [0.2, 0.25) is 0 Å². The van der Waals surface area contributed by atoms with Gasteiger partial charge in [-0.2, -0.15) is 0 Å². The van der Waals surface area contributed by atoms with Crippen LogP contribution in [0.3, 0.4) is 0 Å². The van der Waals surface area contributed by atoms with E-state index in [2.05, 4.69) is 42.9 Å². The summed E-state index contributed by atoms with van der Waals surface area (Å²) in [5.74, 6) is 1.07. The van der Waals surface area contributed by atoms with Gasteiger partial charge in [0.05, 0.1) is 11.1 Å².